The van der Waals surface area contributed by atoms with Crippen LogP contribution in [0.2, 0.25) is 0 Å². The van der Waals surface area contributed by atoms with Crippen LogP contribution in [0.5, 0.6) is 0 Å². The van der Waals surface area contributed by atoms with E-state index >= 15 is 0 Å². The maximum atomic E-state index is 10.9. The lowest BCUT2D eigenvalue weighted by molar-refractivity contribution is -0.136. The Labute approximate surface area is 114 Å². The highest BCUT2D eigenvalue weighted by molar-refractivity contribution is 8.00. The SMILES string of the molecule is CCn1c(S[C@H](C)C(=O)O)nnc1-c1cccnc1. The van der Waals surface area contributed by atoms with Crippen LogP contribution in [-0.2, 0) is 11.3 Å². The van der Waals surface area contributed by atoms with Crippen LogP contribution in [0.3, 0.4) is 0 Å². The van der Waals surface area contributed by atoms with Gasteiger partial charge in [0.05, 0.1) is 0 Å². The molecule has 0 fully saturated rings. The molecule has 19 heavy (non-hydrogen) atoms. The third-order valence-corrected chi connectivity index (χ3v) is 3.65. The molecule has 0 bridgehead atoms. The molecule has 1 N–H and O–H groups in total. The van der Waals surface area contributed by atoms with Crippen LogP contribution in [-0.4, -0.2) is 36.1 Å². The molecule has 1 atom stereocenters. The van der Waals surface area contributed by atoms with Gasteiger partial charge in [-0.2, -0.15) is 0 Å². The Kier molecular flexibility index (Phi) is 4.16. The molecule has 0 aromatic carbocycles. The van der Waals surface area contributed by atoms with Crippen molar-refractivity contribution in [3.63, 3.8) is 0 Å². The molecule has 0 saturated heterocycles. The Morgan fingerprint density at radius 2 is 2.32 bits per heavy atom. The van der Waals surface area contributed by atoms with E-state index in [2.05, 4.69) is 15.2 Å². The maximum absolute atomic E-state index is 10.9. The Bertz CT molecular complexity index is 570. The quantitative estimate of drug-likeness (QED) is 0.842. The van der Waals surface area contributed by atoms with E-state index in [1.54, 1.807) is 19.3 Å². The standard InChI is InChI=1S/C12H14N4O2S/c1-3-16-10(9-5-4-6-13-7-9)14-15-12(16)19-8(2)11(17)18/h4-8H,3H2,1-2H3,(H,17,18)/t8-/m1/s1. The zero-order valence-electron chi connectivity index (χ0n) is 10.6. The van der Waals surface area contributed by atoms with Gasteiger partial charge in [0.2, 0.25) is 0 Å². The molecule has 7 heteroatoms. The van der Waals surface area contributed by atoms with Crippen LogP contribution in [0.1, 0.15) is 13.8 Å². The summed E-state index contributed by atoms with van der Waals surface area (Å²) in [6.45, 7) is 4.27. The molecule has 2 heterocycles. The molecule has 2 aromatic heterocycles. The minimum Gasteiger partial charge on any atom is -0.480 e. The van der Waals surface area contributed by atoms with Gasteiger partial charge in [0, 0.05) is 24.5 Å². The topological polar surface area (TPSA) is 80.9 Å². The number of pyridine rings is 1. The summed E-state index contributed by atoms with van der Waals surface area (Å²) in [7, 11) is 0. The van der Waals surface area contributed by atoms with E-state index in [-0.39, 0.29) is 0 Å². The smallest absolute Gasteiger partial charge is 0.316 e. The third kappa shape index (κ3) is 2.93. The summed E-state index contributed by atoms with van der Waals surface area (Å²) in [5.41, 5.74) is 0.867. The van der Waals surface area contributed by atoms with Gasteiger partial charge in [-0.05, 0) is 26.0 Å². The van der Waals surface area contributed by atoms with Crippen LogP contribution in [0.4, 0.5) is 0 Å². The first-order valence-electron chi connectivity index (χ1n) is 5.86. The number of thioether (sulfide) groups is 1. The number of rotatable bonds is 5. The summed E-state index contributed by atoms with van der Waals surface area (Å²) in [6, 6.07) is 3.73. The first-order valence-corrected chi connectivity index (χ1v) is 6.74. The van der Waals surface area contributed by atoms with E-state index in [0.29, 0.717) is 17.5 Å². The average molecular weight is 278 g/mol. The van der Waals surface area contributed by atoms with Gasteiger partial charge in [-0.3, -0.25) is 9.78 Å². The van der Waals surface area contributed by atoms with Crippen molar-refractivity contribution in [2.75, 3.05) is 0 Å². The molecule has 0 saturated carbocycles. The Morgan fingerprint density at radius 3 is 2.89 bits per heavy atom. The van der Waals surface area contributed by atoms with Gasteiger partial charge >= 0.3 is 5.97 Å². The van der Waals surface area contributed by atoms with Crippen molar-refractivity contribution in [1.82, 2.24) is 19.7 Å². The number of carboxylic acids is 1. The van der Waals surface area contributed by atoms with E-state index < -0.39 is 11.2 Å². The highest BCUT2D eigenvalue weighted by Crippen LogP contribution is 2.26. The second-order valence-corrected chi connectivity index (χ2v) is 5.20. The molecule has 0 unspecified atom stereocenters. The molecule has 0 aliphatic rings. The third-order valence-electron chi connectivity index (χ3n) is 2.58. The van der Waals surface area contributed by atoms with Crippen molar-refractivity contribution in [2.45, 2.75) is 30.8 Å². The number of hydrogen-bond acceptors (Lipinski definition) is 5. The lowest BCUT2D eigenvalue weighted by Crippen LogP contribution is -2.13. The molecule has 0 radical (unpaired) electrons. The number of nitrogens with zero attached hydrogens (tertiary/aromatic N) is 4. The molecular formula is C12H14N4O2S. The average Bonchev–Trinajstić information content (AvgIpc) is 2.82. The molecule has 6 nitrogen and oxygen atoms in total. The molecule has 0 amide bonds. The summed E-state index contributed by atoms with van der Waals surface area (Å²) in [6.07, 6.45) is 3.41. The van der Waals surface area contributed by atoms with E-state index in [1.807, 2.05) is 23.6 Å². The van der Waals surface area contributed by atoms with Crippen molar-refractivity contribution in [2.24, 2.45) is 0 Å². The lowest BCUT2D eigenvalue weighted by atomic mass is 10.3. The molecule has 2 aromatic rings. The predicted molar refractivity (Wildman–Crippen MR) is 71.9 cm³/mol. The molecule has 0 aliphatic heterocycles. The van der Waals surface area contributed by atoms with Gasteiger partial charge in [0.15, 0.2) is 11.0 Å². The number of carbonyl (C=O) groups is 1. The predicted octanol–water partition coefficient (Wildman–Crippen LogP) is 1.93. The second-order valence-electron chi connectivity index (χ2n) is 3.89. The van der Waals surface area contributed by atoms with Crippen LogP contribution >= 0.6 is 11.8 Å². The minimum atomic E-state index is -0.862. The molecule has 0 spiro atoms. The van der Waals surface area contributed by atoms with Gasteiger partial charge in [-0.25, -0.2) is 0 Å². The second kappa shape index (κ2) is 5.83. The Hall–Kier alpha value is -1.89. The van der Waals surface area contributed by atoms with Crippen molar-refractivity contribution in [1.29, 1.82) is 0 Å². The number of aliphatic carboxylic acids is 1. The van der Waals surface area contributed by atoms with Crippen LogP contribution in [0.15, 0.2) is 29.7 Å². The van der Waals surface area contributed by atoms with E-state index in [0.717, 1.165) is 5.56 Å². The molecule has 2 rings (SSSR count). The summed E-state index contributed by atoms with van der Waals surface area (Å²) in [5, 5.41) is 17.2. The van der Waals surface area contributed by atoms with Gasteiger partial charge in [0.1, 0.15) is 5.25 Å². The van der Waals surface area contributed by atoms with E-state index in [9.17, 15) is 4.79 Å². The highest BCUT2D eigenvalue weighted by Gasteiger charge is 2.19. The fourth-order valence-corrected chi connectivity index (χ4v) is 2.43. The highest BCUT2D eigenvalue weighted by atomic mass is 32.2. The first kappa shape index (κ1) is 13.5. The number of carboxylic acid groups (broad SMARTS) is 1. The fraction of sp³-hybridized carbons (Fsp3) is 0.333. The fourth-order valence-electron chi connectivity index (χ4n) is 1.58. The zero-order valence-corrected chi connectivity index (χ0v) is 11.5. The summed E-state index contributed by atoms with van der Waals surface area (Å²) >= 11 is 1.19. The Morgan fingerprint density at radius 1 is 1.53 bits per heavy atom. The van der Waals surface area contributed by atoms with E-state index in [1.165, 1.54) is 11.8 Å². The maximum Gasteiger partial charge on any atom is 0.316 e. The molecular weight excluding hydrogens is 264 g/mol. The number of aromatic nitrogens is 4. The summed E-state index contributed by atoms with van der Waals surface area (Å²) in [5.74, 6) is -0.158. The Balaban J connectivity index is 2.33. The minimum absolute atomic E-state index is 0.559. The summed E-state index contributed by atoms with van der Waals surface area (Å²) < 4.78 is 1.89. The molecule has 100 valence electrons. The van der Waals surface area contributed by atoms with Gasteiger partial charge < -0.3 is 9.67 Å². The van der Waals surface area contributed by atoms with Crippen molar-refractivity contribution >= 4 is 17.7 Å². The van der Waals surface area contributed by atoms with Crippen molar-refractivity contribution in [3.8, 4) is 11.4 Å². The normalized spacial score (nSPS) is 12.3. The van der Waals surface area contributed by atoms with Gasteiger partial charge in [-0.15, -0.1) is 10.2 Å². The largest absolute Gasteiger partial charge is 0.480 e. The zero-order chi connectivity index (χ0) is 13.8. The first-order chi connectivity index (χ1) is 9.13. The van der Waals surface area contributed by atoms with E-state index in [4.69, 9.17) is 5.11 Å². The molecule has 0 aliphatic carbocycles. The van der Waals surface area contributed by atoms with Crippen LogP contribution in [0.25, 0.3) is 11.4 Å². The summed E-state index contributed by atoms with van der Waals surface area (Å²) in [4.78, 5) is 14.9. The van der Waals surface area contributed by atoms with Crippen LogP contribution < -0.4 is 0 Å². The van der Waals surface area contributed by atoms with Crippen molar-refractivity contribution in [3.05, 3.63) is 24.5 Å². The van der Waals surface area contributed by atoms with Gasteiger partial charge in [0.25, 0.3) is 0 Å². The monoisotopic (exact) mass is 278 g/mol. The number of hydrogen-bond donors (Lipinski definition) is 1. The van der Waals surface area contributed by atoms with Gasteiger partial charge in [-0.1, -0.05) is 11.8 Å². The van der Waals surface area contributed by atoms with Crippen molar-refractivity contribution < 1.29 is 9.90 Å². The lowest BCUT2D eigenvalue weighted by Gasteiger charge is -2.08. The van der Waals surface area contributed by atoms with Crippen LogP contribution in [0, 0.1) is 0 Å².